The quantitative estimate of drug-likeness (QED) is 0.546. The van der Waals surface area contributed by atoms with Crippen molar-refractivity contribution < 1.29 is 28.9 Å². The maximum atomic E-state index is 15.5. The normalized spacial score (nSPS) is 29.2. The molecule has 0 bridgehead atoms. The predicted octanol–water partition coefficient (Wildman–Crippen LogP) is 0.801. The average Bonchev–Trinajstić information content (AvgIpc) is 3.22. The number of fused-ring (bicyclic) bond motifs is 1. The highest BCUT2D eigenvalue weighted by atomic mass is 19.1. The van der Waals surface area contributed by atoms with E-state index in [1.165, 1.54) is 16.6 Å². The zero-order valence-corrected chi connectivity index (χ0v) is 15.4. The SMILES string of the molecule is C[C@@]1(F)[C@H](O)[C@@H](COC(=O)c2ccccc2)OC1(O)c1ccc2c(N)ncnn12. The number of aromatic nitrogens is 3. The minimum atomic E-state index is -2.63. The van der Waals surface area contributed by atoms with Gasteiger partial charge in [0, 0.05) is 0 Å². The molecular weight excluding hydrogens is 383 g/mol. The van der Waals surface area contributed by atoms with Crippen LogP contribution in [0.5, 0.6) is 0 Å². The monoisotopic (exact) mass is 402 g/mol. The van der Waals surface area contributed by atoms with E-state index in [2.05, 4.69) is 10.1 Å². The van der Waals surface area contributed by atoms with E-state index in [9.17, 15) is 15.0 Å². The summed E-state index contributed by atoms with van der Waals surface area (Å²) < 4.78 is 27.3. The van der Waals surface area contributed by atoms with Gasteiger partial charge in [-0.1, -0.05) is 18.2 Å². The first-order chi connectivity index (χ1) is 13.8. The summed E-state index contributed by atoms with van der Waals surface area (Å²) in [5.74, 6) is -3.10. The number of nitrogens with two attached hydrogens (primary N) is 1. The Morgan fingerprint density at radius 3 is 2.79 bits per heavy atom. The van der Waals surface area contributed by atoms with Crippen LogP contribution in [0, 0.1) is 0 Å². The molecule has 4 atom stereocenters. The standard InChI is InChI=1S/C19H19FN4O5/c1-18(20)15(25)13(9-28-17(26)11-5-3-2-4-6-11)29-19(18,27)14-8-7-12-16(21)22-10-23-24(12)14/h2-8,10,13,15,25,27H,9H2,1H3,(H2,21,22,23)/t13-,15-,18-,19?/m1/s1. The largest absolute Gasteiger partial charge is 0.459 e. The van der Waals surface area contributed by atoms with Crippen molar-refractivity contribution in [1.82, 2.24) is 14.6 Å². The topological polar surface area (TPSA) is 132 Å². The van der Waals surface area contributed by atoms with Gasteiger partial charge in [-0.15, -0.1) is 0 Å². The van der Waals surface area contributed by atoms with Gasteiger partial charge >= 0.3 is 5.97 Å². The molecule has 0 saturated carbocycles. The predicted molar refractivity (Wildman–Crippen MR) is 98.4 cm³/mol. The van der Waals surface area contributed by atoms with E-state index in [-0.39, 0.29) is 11.5 Å². The van der Waals surface area contributed by atoms with Crippen molar-refractivity contribution in [3.63, 3.8) is 0 Å². The number of alkyl halides is 1. The number of aliphatic hydroxyl groups excluding tert-OH is 1. The molecule has 4 rings (SSSR count). The molecule has 9 nitrogen and oxygen atoms in total. The van der Waals surface area contributed by atoms with Gasteiger partial charge < -0.3 is 25.4 Å². The number of esters is 1. The van der Waals surface area contributed by atoms with E-state index in [0.717, 1.165) is 13.3 Å². The van der Waals surface area contributed by atoms with Crippen LogP contribution in [0.15, 0.2) is 48.8 Å². The van der Waals surface area contributed by atoms with Gasteiger partial charge in [-0.05, 0) is 31.2 Å². The Labute approximate surface area is 164 Å². The summed E-state index contributed by atoms with van der Waals surface area (Å²) in [6.45, 7) is 0.539. The number of carbonyl (C=O) groups is 1. The molecule has 152 valence electrons. The van der Waals surface area contributed by atoms with Crippen LogP contribution in [-0.2, 0) is 15.3 Å². The third-order valence-electron chi connectivity index (χ3n) is 5.11. The number of carbonyl (C=O) groups excluding carboxylic acids is 1. The molecule has 0 spiro atoms. The number of hydrogen-bond acceptors (Lipinski definition) is 8. The van der Waals surface area contributed by atoms with Crippen LogP contribution in [0.25, 0.3) is 5.52 Å². The van der Waals surface area contributed by atoms with E-state index < -0.39 is 36.2 Å². The summed E-state index contributed by atoms with van der Waals surface area (Å²) in [6.07, 6.45) is -1.94. The number of benzene rings is 1. The van der Waals surface area contributed by atoms with Crippen LogP contribution in [0.3, 0.4) is 0 Å². The Morgan fingerprint density at radius 1 is 1.34 bits per heavy atom. The van der Waals surface area contributed by atoms with Crippen molar-refractivity contribution >= 4 is 17.3 Å². The second kappa shape index (κ2) is 6.76. The number of ether oxygens (including phenoxy) is 2. The van der Waals surface area contributed by atoms with Crippen molar-refractivity contribution in [1.29, 1.82) is 0 Å². The van der Waals surface area contributed by atoms with Crippen molar-refractivity contribution in [2.45, 2.75) is 30.6 Å². The number of rotatable bonds is 4. The van der Waals surface area contributed by atoms with Crippen LogP contribution < -0.4 is 5.73 Å². The zero-order valence-electron chi connectivity index (χ0n) is 15.4. The Balaban J connectivity index is 1.60. The number of aliphatic hydroxyl groups is 2. The van der Waals surface area contributed by atoms with Crippen LogP contribution in [-0.4, -0.2) is 55.3 Å². The summed E-state index contributed by atoms with van der Waals surface area (Å²) in [4.78, 5) is 16.0. The molecule has 2 aromatic heterocycles. The highest BCUT2D eigenvalue weighted by Crippen LogP contribution is 2.48. The Morgan fingerprint density at radius 2 is 2.07 bits per heavy atom. The minimum Gasteiger partial charge on any atom is -0.459 e. The molecule has 1 unspecified atom stereocenters. The minimum absolute atomic E-state index is 0.0810. The van der Waals surface area contributed by atoms with Gasteiger partial charge in [0.25, 0.3) is 0 Å². The van der Waals surface area contributed by atoms with Crippen molar-refractivity contribution in [2.24, 2.45) is 0 Å². The van der Waals surface area contributed by atoms with Gasteiger partial charge in [0.1, 0.15) is 36.4 Å². The van der Waals surface area contributed by atoms with Crippen molar-refractivity contribution in [2.75, 3.05) is 12.3 Å². The highest BCUT2D eigenvalue weighted by Gasteiger charge is 2.66. The molecule has 1 aliphatic heterocycles. The third kappa shape index (κ3) is 2.92. The first kappa shape index (κ1) is 19.2. The van der Waals surface area contributed by atoms with Crippen molar-refractivity contribution in [3.8, 4) is 0 Å². The molecule has 0 radical (unpaired) electrons. The van der Waals surface area contributed by atoms with Crippen LogP contribution in [0.4, 0.5) is 10.2 Å². The van der Waals surface area contributed by atoms with E-state index in [1.807, 2.05) is 0 Å². The summed E-state index contributed by atoms with van der Waals surface area (Å²) in [5.41, 5.74) is 3.69. The summed E-state index contributed by atoms with van der Waals surface area (Å²) in [6, 6.07) is 11.1. The first-order valence-corrected chi connectivity index (χ1v) is 8.84. The lowest BCUT2D eigenvalue weighted by molar-refractivity contribution is -0.256. The number of hydrogen-bond donors (Lipinski definition) is 3. The second-order valence-corrected chi connectivity index (χ2v) is 6.95. The fourth-order valence-electron chi connectivity index (χ4n) is 3.41. The fraction of sp³-hybridized carbons (Fsp3) is 0.316. The van der Waals surface area contributed by atoms with E-state index in [4.69, 9.17) is 15.2 Å². The second-order valence-electron chi connectivity index (χ2n) is 6.95. The zero-order chi connectivity index (χ0) is 20.8. The molecule has 1 aliphatic rings. The Bertz CT molecular complexity index is 1060. The number of anilines is 1. The molecule has 10 heteroatoms. The molecule has 1 fully saturated rings. The highest BCUT2D eigenvalue weighted by molar-refractivity contribution is 5.89. The molecule has 1 saturated heterocycles. The molecule has 0 aliphatic carbocycles. The number of nitrogens with zero attached hydrogens (tertiary/aromatic N) is 3. The van der Waals surface area contributed by atoms with Crippen LogP contribution >= 0.6 is 0 Å². The van der Waals surface area contributed by atoms with E-state index in [0.29, 0.717) is 11.1 Å². The molecule has 0 amide bonds. The van der Waals surface area contributed by atoms with Gasteiger partial charge in [-0.2, -0.15) is 5.10 Å². The molecule has 3 aromatic rings. The van der Waals surface area contributed by atoms with Crippen molar-refractivity contribution in [3.05, 3.63) is 60.0 Å². The number of nitrogen functional groups attached to an aromatic ring is 1. The molecule has 1 aromatic carbocycles. The van der Waals surface area contributed by atoms with Gasteiger partial charge in [0.2, 0.25) is 5.79 Å². The summed E-state index contributed by atoms with van der Waals surface area (Å²) >= 11 is 0. The first-order valence-electron chi connectivity index (χ1n) is 8.84. The molecule has 29 heavy (non-hydrogen) atoms. The summed E-state index contributed by atoms with van der Waals surface area (Å²) in [7, 11) is 0. The van der Waals surface area contributed by atoms with Crippen LogP contribution in [0.1, 0.15) is 23.0 Å². The fourth-order valence-corrected chi connectivity index (χ4v) is 3.41. The Hall–Kier alpha value is -3.08. The maximum Gasteiger partial charge on any atom is 0.338 e. The lowest BCUT2D eigenvalue weighted by Gasteiger charge is -2.31. The van der Waals surface area contributed by atoms with Gasteiger partial charge in [-0.25, -0.2) is 18.7 Å². The average molecular weight is 402 g/mol. The Kier molecular flexibility index (Phi) is 4.49. The van der Waals surface area contributed by atoms with Crippen LogP contribution in [0.2, 0.25) is 0 Å². The van der Waals surface area contributed by atoms with E-state index in [1.54, 1.807) is 30.3 Å². The van der Waals surface area contributed by atoms with E-state index >= 15 is 4.39 Å². The van der Waals surface area contributed by atoms with Gasteiger partial charge in [0.15, 0.2) is 11.5 Å². The maximum absolute atomic E-state index is 15.5. The molecule has 4 N–H and O–H groups in total. The summed E-state index contributed by atoms with van der Waals surface area (Å²) in [5, 5.41) is 25.5. The van der Waals surface area contributed by atoms with Gasteiger partial charge in [-0.3, -0.25) is 0 Å². The van der Waals surface area contributed by atoms with Gasteiger partial charge in [0.05, 0.1) is 5.56 Å². The molecular formula is C19H19FN4O5. The lowest BCUT2D eigenvalue weighted by atomic mass is 9.90. The third-order valence-corrected chi connectivity index (χ3v) is 5.11. The molecule has 3 heterocycles. The smallest absolute Gasteiger partial charge is 0.338 e. The lowest BCUT2D eigenvalue weighted by Crippen LogP contribution is -2.49. The number of halogens is 1.